The predicted octanol–water partition coefficient (Wildman–Crippen LogP) is 4.27. The molecular formula is C32H43N5O5S2. The maximum absolute atomic E-state index is 13.9. The molecule has 3 N–H and O–H groups in total. The summed E-state index contributed by atoms with van der Waals surface area (Å²) in [6, 6.07) is 14.9. The molecule has 1 saturated heterocycles. The van der Waals surface area contributed by atoms with Crippen molar-refractivity contribution in [1.82, 2.24) is 25.2 Å². The topological polar surface area (TPSA) is 130 Å². The molecular weight excluding hydrogens is 599 g/mol. The predicted molar refractivity (Wildman–Crippen MR) is 175 cm³/mol. The Morgan fingerprint density at radius 3 is 2.52 bits per heavy atom. The van der Waals surface area contributed by atoms with Crippen LogP contribution in [0.5, 0.6) is 0 Å². The highest BCUT2D eigenvalue weighted by atomic mass is 32.2. The Morgan fingerprint density at radius 2 is 1.80 bits per heavy atom. The standard InChI is InChI=1S/C32H43N5O5S2/c1-32(2,3)42-31(39)36-27(22-23-10-6-5-7-11-23)30(38)35-26(15-21-43-4)29-25-12-8-13-28(24(25)14-17-34-29)44(40,41)37-19-9-16-33-18-20-37/h5-8,10-14,17,26-27,33H,9,15-16,18-22H2,1-4H3,(H,35,38)(H,36,39)/t26-,27-/m0/s1. The van der Waals surface area contributed by atoms with E-state index in [0.29, 0.717) is 42.5 Å². The van der Waals surface area contributed by atoms with Gasteiger partial charge in [0.1, 0.15) is 11.6 Å². The molecule has 0 spiro atoms. The van der Waals surface area contributed by atoms with Crippen molar-refractivity contribution in [2.24, 2.45) is 0 Å². The van der Waals surface area contributed by atoms with Crippen molar-refractivity contribution in [1.29, 1.82) is 0 Å². The summed E-state index contributed by atoms with van der Waals surface area (Å²) < 4.78 is 34.6. The SMILES string of the molecule is CSCC[C@H](NC(=O)[C@H](Cc1ccccc1)NC(=O)OC(C)(C)C)c1nccc2c(S(=O)(=O)N3CCCNCC3)cccc12. The van der Waals surface area contributed by atoms with Gasteiger partial charge < -0.3 is 20.7 Å². The number of hydrogen-bond acceptors (Lipinski definition) is 8. The molecule has 12 heteroatoms. The zero-order valence-electron chi connectivity index (χ0n) is 25.8. The van der Waals surface area contributed by atoms with Crippen LogP contribution < -0.4 is 16.0 Å². The second-order valence-corrected chi connectivity index (χ2v) is 14.7. The Balaban J connectivity index is 1.67. The summed E-state index contributed by atoms with van der Waals surface area (Å²) >= 11 is 1.64. The van der Waals surface area contributed by atoms with Gasteiger partial charge in [-0.05, 0) is 69.9 Å². The van der Waals surface area contributed by atoms with Crippen LogP contribution in [0.15, 0.2) is 65.7 Å². The van der Waals surface area contributed by atoms with Crippen LogP contribution in [0.2, 0.25) is 0 Å². The van der Waals surface area contributed by atoms with E-state index in [1.165, 1.54) is 4.31 Å². The van der Waals surface area contributed by atoms with Crippen LogP contribution in [-0.2, 0) is 26.0 Å². The molecule has 1 aliphatic rings. The number of carbonyl (C=O) groups is 2. The van der Waals surface area contributed by atoms with Gasteiger partial charge in [-0.25, -0.2) is 13.2 Å². The minimum Gasteiger partial charge on any atom is -0.444 e. The van der Waals surface area contributed by atoms with Gasteiger partial charge in [-0.3, -0.25) is 9.78 Å². The van der Waals surface area contributed by atoms with Crippen molar-refractivity contribution in [2.75, 3.05) is 38.2 Å². The van der Waals surface area contributed by atoms with Crippen LogP contribution in [-0.4, -0.2) is 79.5 Å². The third-order valence-corrected chi connectivity index (χ3v) is 9.86. The number of pyridine rings is 1. The summed E-state index contributed by atoms with van der Waals surface area (Å²) in [5.74, 6) is 0.343. The molecule has 10 nitrogen and oxygen atoms in total. The van der Waals surface area contributed by atoms with Crippen molar-refractivity contribution >= 4 is 44.6 Å². The number of fused-ring (bicyclic) bond motifs is 1. The van der Waals surface area contributed by atoms with Gasteiger partial charge in [0.15, 0.2) is 0 Å². The lowest BCUT2D eigenvalue weighted by atomic mass is 10.0. The van der Waals surface area contributed by atoms with E-state index >= 15 is 0 Å². The van der Waals surface area contributed by atoms with E-state index in [1.807, 2.05) is 42.7 Å². The fourth-order valence-electron chi connectivity index (χ4n) is 5.20. The third-order valence-electron chi connectivity index (χ3n) is 7.26. The first-order valence-corrected chi connectivity index (χ1v) is 17.7. The van der Waals surface area contributed by atoms with Gasteiger partial charge in [0.05, 0.1) is 16.6 Å². The van der Waals surface area contributed by atoms with Crippen LogP contribution in [0.3, 0.4) is 0 Å². The Hall–Kier alpha value is -3.19. The average Bonchev–Trinajstić information content (AvgIpc) is 3.28. The summed E-state index contributed by atoms with van der Waals surface area (Å²) in [7, 11) is -3.76. The van der Waals surface area contributed by atoms with E-state index in [4.69, 9.17) is 4.74 Å². The summed E-state index contributed by atoms with van der Waals surface area (Å²) in [4.78, 5) is 31.5. The monoisotopic (exact) mass is 641 g/mol. The average molecular weight is 642 g/mol. The van der Waals surface area contributed by atoms with Gasteiger partial charge in [-0.1, -0.05) is 42.5 Å². The molecule has 2 aromatic carbocycles. The maximum Gasteiger partial charge on any atom is 0.408 e. The fraction of sp³-hybridized carbons (Fsp3) is 0.469. The van der Waals surface area contributed by atoms with Crippen LogP contribution >= 0.6 is 11.8 Å². The fourth-order valence-corrected chi connectivity index (χ4v) is 7.36. The maximum atomic E-state index is 13.9. The number of thioether (sulfide) groups is 1. The van der Waals surface area contributed by atoms with Crippen LogP contribution in [0.1, 0.15) is 50.9 Å². The third kappa shape index (κ3) is 8.93. The van der Waals surface area contributed by atoms with Gasteiger partial charge in [-0.15, -0.1) is 0 Å². The van der Waals surface area contributed by atoms with Crippen molar-refractivity contribution in [3.05, 3.63) is 72.1 Å². The van der Waals surface area contributed by atoms with Gasteiger partial charge in [-0.2, -0.15) is 16.1 Å². The van der Waals surface area contributed by atoms with Gasteiger partial charge in [0, 0.05) is 43.0 Å². The number of alkyl carbamates (subject to hydrolysis) is 1. The van der Waals surface area contributed by atoms with Crippen molar-refractivity contribution < 1.29 is 22.7 Å². The molecule has 0 aliphatic carbocycles. The first-order valence-electron chi connectivity index (χ1n) is 14.9. The van der Waals surface area contributed by atoms with E-state index in [1.54, 1.807) is 56.9 Å². The van der Waals surface area contributed by atoms with Gasteiger partial charge in [0.2, 0.25) is 15.9 Å². The summed E-state index contributed by atoms with van der Waals surface area (Å²) in [6.45, 7) is 7.52. The van der Waals surface area contributed by atoms with E-state index in [2.05, 4.69) is 20.9 Å². The molecule has 238 valence electrons. The number of aromatic nitrogens is 1. The van der Waals surface area contributed by atoms with E-state index in [0.717, 1.165) is 24.3 Å². The number of rotatable bonds is 11. The summed E-state index contributed by atoms with van der Waals surface area (Å²) in [5.41, 5.74) is 0.731. The molecule has 1 fully saturated rings. The Labute approximate surface area is 264 Å². The zero-order chi connectivity index (χ0) is 31.7. The Morgan fingerprint density at radius 1 is 1.02 bits per heavy atom. The first-order chi connectivity index (χ1) is 21.0. The second kappa shape index (κ2) is 15.2. The van der Waals surface area contributed by atoms with Crippen molar-refractivity contribution in [3.63, 3.8) is 0 Å². The minimum absolute atomic E-state index is 0.226. The molecule has 0 unspecified atom stereocenters. The number of carbonyl (C=O) groups excluding carboxylic acids is 2. The minimum atomic E-state index is -3.76. The van der Waals surface area contributed by atoms with Crippen LogP contribution in [0.25, 0.3) is 10.8 Å². The lowest BCUT2D eigenvalue weighted by Crippen LogP contribution is -2.50. The van der Waals surface area contributed by atoms with Gasteiger partial charge in [0.25, 0.3) is 0 Å². The highest BCUT2D eigenvalue weighted by molar-refractivity contribution is 7.98. The molecule has 4 rings (SSSR count). The molecule has 0 radical (unpaired) electrons. The molecule has 2 amide bonds. The number of hydrogen-bond donors (Lipinski definition) is 3. The molecule has 3 aromatic rings. The highest BCUT2D eigenvalue weighted by Crippen LogP contribution is 2.31. The lowest BCUT2D eigenvalue weighted by molar-refractivity contribution is -0.124. The van der Waals surface area contributed by atoms with E-state index in [9.17, 15) is 18.0 Å². The Kier molecular flexibility index (Phi) is 11.6. The number of sulfonamides is 1. The quantitative estimate of drug-likeness (QED) is 0.283. The molecule has 1 aromatic heterocycles. The normalized spacial score (nSPS) is 16.1. The lowest BCUT2D eigenvalue weighted by Gasteiger charge is -2.26. The number of ether oxygens (including phenoxy) is 1. The molecule has 0 saturated carbocycles. The van der Waals surface area contributed by atoms with E-state index < -0.39 is 33.8 Å². The number of amides is 2. The van der Waals surface area contributed by atoms with Crippen LogP contribution in [0, 0.1) is 0 Å². The smallest absolute Gasteiger partial charge is 0.408 e. The number of nitrogens with zero attached hydrogens (tertiary/aromatic N) is 2. The zero-order valence-corrected chi connectivity index (χ0v) is 27.5. The molecule has 1 aliphatic heterocycles. The van der Waals surface area contributed by atoms with Crippen LogP contribution in [0.4, 0.5) is 4.79 Å². The number of nitrogens with one attached hydrogen (secondary N) is 3. The highest BCUT2D eigenvalue weighted by Gasteiger charge is 2.30. The van der Waals surface area contributed by atoms with Crippen molar-refractivity contribution in [2.45, 2.75) is 62.6 Å². The first kappa shape index (κ1) is 33.7. The number of benzene rings is 2. The Bertz CT molecular complexity index is 1520. The molecule has 2 heterocycles. The summed E-state index contributed by atoms with van der Waals surface area (Å²) in [6.07, 6.45) is 4.45. The largest absolute Gasteiger partial charge is 0.444 e. The summed E-state index contributed by atoms with van der Waals surface area (Å²) in [5, 5.41) is 10.4. The molecule has 2 atom stereocenters. The van der Waals surface area contributed by atoms with Crippen molar-refractivity contribution in [3.8, 4) is 0 Å². The second-order valence-electron chi connectivity index (χ2n) is 11.8. The molecule has 0 bridgehead atoms. The van der Waals surface area contributed by atoms with Gasteiger partial charge >= 0.3 is 6.09 Å². The van der Waals surface area contributed by atoms with E-state index in [-0.39, 0.29) is 17.2 Å². The molecule has 44 heavy (non-hydrogen) atoms.